The number of aromatic amines is 1. The van der Waals surface area contributed by atoms with Crippen molar-refractivity contribution in [1.82, 2.24) is 20.2 Å². The van der Waals surface area contributed by atoms with Crippen LogP contribution >= 0.6 is 11.3 Å². The zero-order valence-electron chi connectivity index (χ0n) is 11.3. The molecule has 1 aromatic carbocycles. The molecule has 0 aliphatic carbocycles. The highest BCUT2D eigenvalue weighted by molar-refractivity contribution is 7.13. The second-order valence-electron chi connectivity index (χ2n) is 4.33. The molecule has 1 amide bonds. The Balaban J connectivity index is 1.71. The summed E-state index contributed by atoms with van der Waals surface area (Å²) in [6.07, 6.45) is 2.48. The normalized spacial score (nSPS) is 10.5. The molecule has 3 rings (SSSR count). The van der Waals surface area contributed by atoms with Crippen molar-refractivity contribution in [2.24, 2.45) is 0 Å². The molecule has 0 aliphatic heterocycles. The predicted octanol–water partition coefficient (Wildman–Crippen LogP) is 2.74. The number of benzene rings is 1. The third kappa shape index (κ3) is 2.97. The molecular formula is C14H13N5OS. The zero-order valence-corrected chi connectivity index (χ0v) is 12.1. The molecule has 0 radical (unpaired) electrons. The largest absolute Gasteiger partial charge is 0.319 e. The molecule has 0 saturated carbocycles. The second-order valence-corrected chi connectivity index (χ2v) is 5.22. The Hall–Kier alpha value is -2.54. The molecule has 6 nitrogen and oxygen atoms in total. The molecule has 0 atom stereocenters. The lowest BCUT2D eigenvalue weighted by molar-refractivity contribution is 0.101. The van der Waals surface area contributed by atoms with E-state index in [2.05, 4.69) is 25.5 Å². The SMILES string of the molecule is CCc1nc(C(=O)Nc2ccc(-c3nccs3)cc2)n[nH]1. The number of rotatable bonds is 4. The van der Waals surface area contributed by atoms with Crippen molar-refractivity contribution in [3.05, 3.63) is 47.5 Å². The van der Waals surface area contributed by atoms with Crippen molar-refractivity contribution in [3.63, 3.8) is 0 Å². The summed E-state index contributed by atoms with van der Waals surface area (Å²) >= 11 is 1.58. The van der Waals surface area contributed by atoms with Crippen molar-refractivity contribution < 1.29 is 4.79 Å². The van der Waals surface area contributed by atoms with Crippen molar-refractivity contribution in [2.75, 3.05) is 5.32 Å². The zero-order chi connectivity index (χ0) is 14.7. The molecule has 0 aliphatic rings. The first-order valence-electron chi connectivity index (χ1n) is 6.49. The first-order chi connectivity index (χ1) is 10.3. The van der Waals surface area contributed by atoms with E-state index < -0.39 is 0 Å². The number of thiazole rings is 1. The maximum atomic E-state index is 12.0. The van der Waals surface area contributed by atoms with Crippen LogP contribution in [0.4, 0.5) is 5.69 Å². The number of aryl methyl sites for hydroxylation is 1. The number of nitrogens with one attached hydrogen (secondary N) is 2. The maximum absolute atomic E-state index is 12.0. The van der Waals surface area contributed by atoms with Gasteiger partial charge in [-0.2, -0.15) is 0 Å². The highest BCUT2D eigenvalue weighted by atomic mass is 32.1. The van der Waals surface area contributed by atoms with Crippen molar-refractivity contribution in [2.45, 2.75) is 13.3 Å². The summed E-state index contributed by atoms with van der Waals surface area (Å²) in [5, 5.41) is 12.3. The number of aromatic nitrogens is 4. The highest BCUT2D eigenvalue weighted by Crippen LogP contribution is 2.23. The third-order valence-corrected chi connectivity index (χ3v) is 3.71. The number of anilines is 1. The molecular weight excluding hydrogens is 286 g/mol. The van der Waals surface area contributed by atoms with Crippen LogP contribution in [-0.2, 0) is 6.42 Å². The second kappa shape index (κ2) is 5.84. The van der Waals surface area contributed by atoms with Gasteiger partial charge < -0.3 is 5.32 Å². The Bertz CT molecular complexity index is 733. The number of H-pyrrole nitrogens is 1. The van der Waals surface area contributed by atoms with Gasteiger partial charge in [-0.1, -0.05) is 6.92 Å². The fourth-order valence-corrected chi connectivity index (χ4v) is 2.45. The van der Waals surface area contributed by atoms with Gasteiger partial charge in [0.15, 0.2) is 0 Å². The van der Waals surface area contributed by atoms with Crippen LogP contribution in [0.1, 0.15) is 23.4 Å². The van der Waals surface area contributed by atoms with Crippen molar-refractivity contribution in [1.29, 1.82) is 0 Å². The Morgan fingerprint density at radius 1 is 1.33 bits per heavy atom. The van der Waals surface area contributed by atoms with E-state index in [4.69, 9.17) is 0 Å². The molecule has 7 heteroatoms. The van der Waals surface area contributed by atoms with E-state index in [1.165, 1.54) is 0 Å². The highest BCUT2D eigenvalue weighted by Gasteiger charge is 2.12. The average Bonchev–Trinajstić information content (AvgIpc) is 3.19. The summed E-state index contributed by atoms with van der Waals surface area (Å²) in [4.78, 5) is 20.3. The standard InChI is InChI=1S/C14H13N5OS/c1-2-11-17-12(19-18-11)13(20)16-10-5-3-9(4-6-10)14-15-7-8-21-14/h3-8H,2H2,1H3,(H,16,20)(H,17,18,19). The molecule has 0 spiro atoms. The lowest BCUT2D eigenvalue weighted by atomic mass is 10.2. The smallest absolute Gasteiger partial charge is 0.295 e. The quantitative estimate of drug-likeness (QED) is 0.776. The summed E-state index contributed by atoms with van der Waals surface area (Å²) in [5.74, 6) is 0.517. The molecule has 0 saturated heterocycles. The minimum absolute atomic E-state index is 0.149. The van der Waals surface area contributed by atoms with Crippen LogP contribution in [0, 0.1) is 0 Å². The van der Waals surface area contributed by atoms with Crippen molar-refractivity contribution >= 4 is 22.9 Å². The first-order valence-corrected chi connectivity index (χ1v) is 7.37. The summed E-state index contributed by atoms with van der Waals surface area (Å²) < 4.78 is 0. The van der Waals surface area contributed by atoms with E-state index in [0.717, 1.165) is 10.6 Å². The van der Waals surface area contributed by atoms with Crippen LogP contribution < -0.4 is 5.32 Å². The summed E-state index contributed by atoms with van der Waals surface area (Å²) in [6.45, 7) is 1.94. The van der Waals surface area contributed by atoms with Gasteiger partial charge in [-0.25, -0.2) is 9.97 Å². The molecule has 0 fully saturated rings. The van der Waals surface area contributed by atoms with Crippen LogP contribution in [0.2, 0.25) is 0 Å². The summed E-state index contributed by atoms with van der Waals surface area (Å²) in [6, 6.07) is 7.51. The minimum atomic E-state index is -0.326. The average molecular weight is 299 g/mol. The number of hydrogen-bond donors (Lipinski definition) is 2. The molecule has 2 heterocycles. The lowest BCUT2D eigenvalue weighted by Crippen LogP contribution is -2.13. The Labute approximate surface area is 125 Å². The predicted molar refractivity (Wildman–Crippen MR) is 81.3 cm³/mol. The fourth-order valence-electron chi connectivity index (χ4n) is 1.80. The molecule has 0 unspecified atom stereocenters. The molecule has 2 aromatic heterocycles. The van der Waals surface area contributed by atoms with Gasteiger partial charge in [0.1, 0.15) is 10.8 Å². The van der Waals surface area contributed by atoms with Gasteiger partial charge >= 0.3 is 0 Å². The number of carbonyl (C=O) groups excluding carboxylic acids is 1. The van der Waals surface area contributed by atoms with Gasteiger partial charge in [0.2, 0.25) is 5.82 Å². The van der Waals surface area contributed by atoms with Gasteiger partial charge in [-0.05, 0) is 24.3 Å². The van der Waals surface area contributed by atoms with E-state index in [-0.39, 0.29) is 11.7 Å². The van der Waals surface area contributed by atoms with E-state index in [9.17, 15) is 4.79 Å². The number of amides is 1. The molecule has 2 N–H and O–H groups in total. The topological polar surface area (TPSA) is 83.6 Å². The fraction of sp³-hybridized carbons (Fsp3) is 0.143. The van der Waals surface area contributed by atoms with Gasteiger partial charge in [-0.15, -0.1) is 16.4 Å². The molecule has 106 valence electrons. The number of carbonyl (C=O) groups is 1. The molecule has 3 aromatic rings. The van der Waals surface area contributed by atoms with Gasteiger partial charge in [0.05, 0.1) is 0 Å². The van der Waals surface area contributed by atoms with E-state index in [1.807, 2.05) is 36.6 Å². The maximum Gasteiger partial charge on any atom is 0.295 e. The van der Waals surface area contributed by atoms with Gasteiger partial charge in [0, 0.05) is 29.2 Å². The number of hydrogen-bond acceptors (Lipinski definition) is 5. The monoisotopic (exact) mass is 299 g/mol. The minimum Gasteiger partial charge on any atom is -0.319 e. The van der Waals surface area contributed by atoms with Crippen LogP contribution in [-0.4, -0.2) is 26.1 Å². The van der Waals surface area contributed by atoms with Crippen LogP contribution in [0.5, 0.6) is 0 Å². The van der Waals surface area contributed by atoms with E-state index >= 15 is 0 Å². The number of nitrogens with zero attached hydrogens (tertiary/aromatic N) is 3. The molecule has 0 bridgehead atoms. The Kier molecular flexibility index (Phi) is 3.74. The van der Waals surface area contributed by atoms with E-state index in [0.29, 0.717) is 17.9 Å². The van der Waals surface area contributed by atoms with Crippen LogP contribution in [0.3, 0.4) is 0 Å². The Morgan fingerprint density at radius 3 is 2.76 bits per heavy atom. The first kappa shape index (κ1) is 13.4. The molecule has 21 heavy (non-hydrogen) atoms. The Morgan fingerprint density at radius 2 is 2.14 bits per heavy atom. The third-order valence-electron chi connectivity index (χ3n) is 2.89. The van der Waals surface area contributed by atoms with Crippen LogP contribution in [0.25, 0.3) is 10.6 Å². The lowest BCUT2D eigenvalue weighted by Gasteiger charge is -2.03. The van der Waals surface area contributed by atoms with Crippen LogP contribution in [0.15, 0.2) is 35.8 Å². The van der Waals surface area contributed by atoms with Gasteiger partial charge in [-0.3, -0.25) is 9.89 Å². The van der Waals surface area contributed by atoms with Crippen molar-refractivity contribution in [3.8, 4) is 10.6 Å². The van der Waals surface area contributed by atoms with E-state index in [1.54, 1.807) is 17.5 Å². The summed E-state index contributed by atoms with van der Waals surface area (Å²) in [7, 11) is 0. The summed E-state index contributed by atoms with van der Waals surface area (Å²) in [5.41, 5.74) is 1.72. The van der Waals surface area contributed by atoms with Gasteiger partial charge in [0.25, 0.3) is 5.91 Å².